The highest BCUT2D eigenvalue weighted by molar-refractivity contribution is 8.27. The summed E-state index contributed by atoms with van der Waals surface area (Å²) in [5.41, 5.74) is 4.08. The van der Waals surface area contributed by atoms with Gasteiger partial charge in [0.15, 0.2) is 5.84 Å². The van der Waals surface area contributed by atoms with Crippen molar-refractivity contribution >= 4 is 45.7 Å². The normalized spacial score (nSPS) is 19.4. The van der Waals surface area contributed by atoms with Crippen molar-refractivity contribution in [2.24, 2.45) is 10.1 Å². The molecule has 1 N–H and O–H groups in total. The Labute approximate surface area is 202 Å². The van der Waals surface area contributed by atoms with Gasteiger partial charge in [-0.25, -0.2) is 0 Å². The number of rotatable bonds is 4. The number of para-hydroxylation sites is 1. The second-order valence-corrected chi connectivity index (χ2v) is 9.67. The van der Waals surface area contributed by atoms with E-state index in [4.69, 9.17) is 5.41 Å². The van der Waals surface area contributed by atoms with Crippen LogP contribution in [0.5, 0.6) is 0 Å². The minimum Gasteiger partial charge on any atom is -0.342 e. The molecule has 4 heterocycles. The Hall–Kier alpha value is -3.46. The standard InChI is InChI=1S/C25H26N6O2S/c1-16-13-18(17(2)30(16)19-9-5-3-6-10-19)14-20-23(26)31-25(27-24(20)33)34-21(28-31)15-22(32)29-11-7-4-8-12-29/h3,5-6,9-10,13-14,26H,4,7-8,11-12,15H2,1-2H3/b20-14-,26-23?. The van der Waals surface area contributed by atoms with Crippen LogP contribution in [0, 0.1) is 19.3 Å². The average molecular weight is 475 g/mol. The van der Waals surface area contributed by atoms with Crippen LogP contribution in [0.25, 0.3) is 11.8 Å². The maximum atomic E-state index is 12.8. The maximum Gasteiger partial charge on any atom is 0.283 e. The van der Waals surface area contributed by atoms with Crippen LogP contribution >= 0.6 is 11.8 Å². The highest BCUT2D eigenvalue weighted by Gasteiger charge is 2.36. The number of aryl methyl sites for hydroxylation is 1. The molecule has 0 radical (unpaired) electrons. The van der Waals surface area contributed by atoms with E-state index >= 15 is 0 Å². The van der Waals surface area contributed by atoms with Gasteiger partial charge in [0, 0.05) is 30.2 Å². The molecule has 0 aliphatic carbocycles. The van der Waals surface area contributed by atoms with Gasteiger partial charge in [-0.1, -0.05) is 18.2 Å². The number of likely N-dealkylation sites (tertiary alicyclic amines) is 1. The van der Waals surface area contributed by atoms with Crippen molar-refractivity contribution in [2.75, 3.05) is 13.1 Å². The molecule has 9 heteroatoms. The zero-order valence-electron chi connectivity index (χ0n) is 19.2. The first kappa shape index (κ1) is 22.3. The minimum absolute atomic E-state index is 0.0209. The summed E-state index contributed by atoms with van der Waals surface area (Å²) in [5.74, 6) is -0.451. The van der Waals surface area contributed by atoms with Crippen LogP contribution in [0.1, 0.15) is 42.6 Å². The monoisotopic (exact) mass is 474 g/mol. The number of carbonyl (C=O) groups is 2. The van der Waals surface area contributed by atoms with Crippen molar-refractivity contribution in [3.8, 4) is 5.69 Å². The minimum atomic E-state index is -0.466. The van der Waals surface area contributed by atoms with E-state index in [9.17, 15) is 9.59 Å². The fourth-order valence-electron chi connectivity index (χ4n) is 4.55. The van der Waals surface area contributed by atoms with Gasteiger partial charge in [0.1, 0.15) is 5.04 Å². The first-order valence-corrected chi connectivity index (χ1v) is 12.3. The number of thioether (sulfide) groups is 1. The van der Waals surface area contributed by atoms with E-state index < -0.39 is 5.91 Å². The number of amides is 2. The van der Waals surface area contributed by atoms with Gasteiger partial charge in [0.2, 0.25) is 11.1 Å². The average Bonchev–Trinajstić information content (AvgIpc) is 3.37. The molecular weight excluding hydrogens is 448 g/mol. The number of hydrogen-bond donors (Lipinski definition) is 1. The molecule has 0 unspecified atom stereocenters. The molecule has 3 aliphatic rings. The number of nitrogens with one attached hydrogen (secondary N) is 1. The first-order chi connectivity index (χ1) is 16.4. The van der Waals surface area contributed by atoms with Crippen LogP contribution < -0.4 is 0 Å². The molecule has 0 spiro atoms. The van der Waals surface area contributed by atoms with E-state index in [0.29, 0.717) is 10.2 Å². The van der Waals surface area contributed by atoms with E-state index in [0.717, 1.165) is 55.0 Å². The second kappa shape index (κ2) is 9.06. The Kier molecular flexibility index (Phi) is 5.95. The van der Waals surface area contributed by atoms with E-state index in [1.807, 2.05) is 55.1 Å². The number of fused-ring (bicyclic) bond motifs is 1. The number of carbonyl (C=O) groups excluding carboxylic acids is 2. The van der Waals surface area contributed by atoms with Crippen LogP contribution in [0.15, 0.2) is 52.1 Å². The third-order valence-corrected chi connectivity index (χ3v) is 7.20. The third kappa shape index (κ3) is 4.11. The lowest BCUT2D eigenvalue weighted by atomic mass is 10.1. The summed E-state index contributed by atoms with van der Waals surface area (Å²) in [6.45, 7) is 5.57. The summed E-state index contributed by atoms with van der Waals surface area (Å²) in [7, 11) is 0. The summed E-state index contributed by atoms with van der Waals surface area (Å²) in [6.07, 6.45) is 5.10. The van der Waals surface area contributed by atoms with Gasteiger partial charge >= 0.3 is 0 Å². The molecule has 2 amide bonds. The Morgan fingerprint density at radius 3 is 2.62 bits per heavy atom. The van der Waals surface area contributed by atoms with E-state index in [1.165, 1.54) is 16.8 Å². The molecule has 0 bridgehead atoms. The number of hydrazone groups is 1. The van der Waals surface area contributed by atoms with Crippen LogP contribution in [-0.4, -0.2) is 55.4 Å². The summed E-state index contributed by atoms with van der Waals surface area (Å²) in [5, 5.41) is 15.4. The van der Waals surface area contributed by atoms with Crippen molar-refractivity contribution < 1.29 is 9.59 Å². The summed E-state index contributed by atoms with van der Waals surface area (Å²) >= 11 is 1.20. The number of benzene rings is 1. The topological polar surface area (TPSA) is 94.1 Å². The highest BCUT2D eigenvalue weighted by atomic mass is 32.2. The predicted molar refractivity (Wildman–Crippen MR) is 135 cm³/mol. The van der Waals surface area contributed by atoms with E-state index in [1.54, 1.807) is 6.08 Å². The molecular formula is C25H26N6O2S. The Morgan fingerprint density at radius 2 is 1.88 bits per heavy atom. The van der Waals surface area contributed by atoms with Crippen molar-refractivity contribution in [2.45, 2.75) is 39.5 Å². The van der Waals surface area contributed by atoms with Gasteiger partial charge in [-0.3, -0.25) is 15.0 Å². The fourth-order valence-corrected chi connectivity index (χ4v) is 5.43. The smallest absolute Gasteiger partial charge is 0.283 e. The number of hydrogen-bond acceptors (Lipinski definition) is 5. The van der Waals surface area contributed by atoms with Crippen molar-refractivity contribution in [1.82, 2.24) is 14.5 Å². The largest absolute Gasteiger partial charge is 0.342 e. The molecule has 1 aromatic carbocycles. The van der Waals surface area contributed by atoms with Gasteiger partial charge < -0.3 is 9.47 Å². The van der Waals surface area contributed by atoms with Gasteiger partial charge in [0.25, 0.3) is 5.91 Å². The first-order valence-electron chi connectivity index (χ1n) is 11.4. The zero-order valence-corrected chi connectivity index (χ0v) is 20.1. The molecule has 1 saturated heterocycles. The summed E-state index contributed by atoms with van der Waals surface area (Å²) < 4.78 is 2.12. The lowest BCUT2D eigenvalue weighted by Crippen LogP contribution is -2.36. The molecule has 3 aliphatic heterocycles. The molecule has 0 saturated carbocycles. The second-order valence-electron chi connectivity index (χ2n) is 8.63. The van der Waals surface area contributed by atoms with Gasteiger partial charge in [-0.05, 0) is 74.7 Å². The SMILES string of the molecule is Cc1cc(/C=C2/C(=N)N3N=C(CC(=O)N4CCCCC4)SC3=NC2=O)c(C)n1-c1ccccc1. The van der Waals surface area contributed by atoms with Crippen molar-refractivity contribution in [3.05, 3.63) is 58.9 Å². The Morgan fingerprint density at radius 1 is 1.15 bits per heavy atom. The Balaban J connectivity index is 1.39. The third-order valence-electron chi connectivity index (χ3n) is 6.29. The zero-order chi connectivity index (χ0) is 23.8. The van der Waals surface area contributed by atoms with Crippen molar-refractivity contribution in [3.63, 3.8) is 0 Å². The maximum absolute atomic E-state index is 12.8. The van der Waals surface area contributed by atoms with Crippen LogP contribution in [0.2, 0.25) is 0 Å². The lowest BCUT2D eigenvalue weighted by Gasteiger charge is -2.26. The number of aromatic nitrogens is 1. The predicted octanol–water partition coefficient (Wildman–Crippen LogP) is 4.12. The van der Waals surface area contributed by atoms with Crippen LogP contribution in [0.4, 0.5) is 0 Å². The van der Waals surface area contributed by atoms with Gasteiger partial charge in [-0.2, -0.15) is 15.1 Å². The molecule has 1 aromatic heterocycles. The van der Waals surface area contributed by atoms with Gasteiger partial charge in [0.05, 0.1) is 12.0 Å². The van der Waals surface area contributed by atoms with E-state index in [-0.39, 0.29) is 23.7 Å². The van der Waals surface area contributed by atoms with Crippen LogP contribution in [0.3, 0.4) is 0 Å². The molecule has 174 valence electrons. The highest BCUT2D eigenvalue weighted by Crippen LogP contribution is 2.31. The molecule has 0 atom stereocenters. The Bertz CT molecular complexity index is 1270. The summed E-state index contributed by atoms with van der Waals surface area (Å²) in [4.78, 5) is 31.5. The van der Waals surface area contributed by atoms with Crippen LogP contribution in [-0.2, 0) is 9.59 Å². The quantitative estimate of drug-likeness (QED) is 0.675. The van der Waals surface area contributed by atoms with Crippen molar-refractivity contribution in [1.29, 1.82) is 5.41 Å². The summed E-state index contributed by atoms with van der Waals surface area (Å²) in [6, 6.07) is 12.0. The lowest BCUT2D eigenvalue weighted by molar-refractivity contribution is -0.130. The molecule has 34 heavy (non-hydrogen) atoms. The van der Waals surface area contributed by atoms with E-state index in [2.05, 4.69) is 14.7 Å². The number of nitrogens with zero attached hydrogens (tertiary/aromatic N) is 5. The van der Waals surface area contributed by atoms with Gasteiger partial charge in [-0.15, -0.1) is 0 Å². The number of piperidine rings is 1. The fraction of sp³-hybridized carbons (Fsp3) is 0.320. The molecule has 5 rings (SSSR count). The number of amidine groups is 2. The molecule has 8 nitrogen and oxygen atoms in total. The molecule has 1 fully saturated rings. The number of aliphatic imine (C=N–C) groups is 1. The molecule has 2 aromatic rings.